The van der Waals surface area contributed by atoms with Crippen molar-refractivity contribution in [1.82, 2.24) is 0 Å². The molecule has 0 aliphatic rings. The first-order chi connectivity index (χ1) is 33.4. The summed E-state index contributed by atoms with van der Waals surface area (Å²) >= 11 is 0. The summed E-state index contributed by atoms with van der Waals surface area (Å²) in [5, 5.41) is 18.1. The van der Waals surface area contributed by atoms with Gasteiger partial charge in [-0.2, -0.15) is 0 Å². The highest BCUT2D eigenvalue weighted by Gasteiger charge is 2.28. The first kappa shape index (κ1) is 41.2. The van der Waals surface area contributed by atoms with Crippen LogP contribution in [0.5, 0.6) is 23.0 Å². The summed E-state index contributed by atoms with van der Waals surface area (Å²) in [5.41, 5.74) is 3.54. The summed E-state index contributed by atoms with van der Waals surface area (Å²) in [6.45, 7) is 0. The molecule has 0 aliphatic heterocycles. The summed E-state index contributed by atoms with van der Waals surface area (Å²) in [7, 11) is 3.15. The Balaban J connectivity index is 0.866. The third-order valence-electron chi connectivity index (χ3n) is 13.9. The van der Waals surface area contributed by atoms with Crippen molar-refractivity contribution in [2.45, 2.75) is 38.5 Å². The minimum atomic E-state index is -0.393. The van der Waals surface area contributed by atoms with E-state index in [9.17, 15) is 9.59 Å². The maximum Gasteiger partial charge on any atom is 0.311 e. The molecule has 12 aromatic rings. The van der Waals surface area contributed by atoms with Crippen LogP contribution in [0.3, 0.4) is 0 Å². The molecule has 0 spiro atoms. The Hall–Kier alpha value is -8.22. The number of carbonyl (C=O) groups excluding carboxylic acids is 2. The topological polar surface area (TPSA) is 71.1 Å². The second kappa shape index (κ2) is 16.9. The van der Waals surface area contributed by atoms with Crippen LogP contribution in [0.1, 0.15) is 36.8 Å². The molecule has 12 aromatic carbocycles. The molecule has 6 heteroatoms. The predicted molar refractivity (Wildman–Crippen MR) is 277 cm³/mol. The molecule has 0 bridgehead atoms. The van der Waals surface area contributed by atoms with Gasteiger partial charge in [0.1, 0.15) is 0 Å². The number of hydrogen-bond donors (Lipinski definition) is 0. The van der Waals surface area contributed by atoms with Crippen LogP contribution in [0.25, 0.3) is 97.3 Å². The zero-order valence-electron chi connectivity index (χ0n) is 37.9. The molecule has 12 rings (SSSR count). The van der Waals surface area contributed by atoms with Gasteiger partial charge in [-0.15, -0.1) is 0 Å². The number of aryl methyl sites for hydroxylation is 2. The fourth-order valence-electron chi connectivity index (χ4n) is 10.8. The Morgan fingerprint density at radius 3 is 1.13 bits per heavy atom. The van der Waals surface area contributed by atoms with E-state index in [1.807, 2.05) is 60.7 Å². The lowest BCUT2D eigenvalue weighted by atomic mass is 9.90. The quantitative estimate of drug-likeness (QED) is 0.0652. The Morgan fingerprint density at radius 2 is 0.721 bits per heavy atom. The van der Waals surface area contributed by atoms with E-state index < -0.39 is 11.9 Å². The number of fused-ring (bicyclic) bond motifs is 2. The molecule has 68 heavy (non-hydrogen) atoms. The van der Waals surface area contributed by atoms with E-state index >= 15 is 0 Å². The average molecular weight is 887 g/mol. The van der Waals surface area contributed by atoms with Crippen molar-refractivity contribution in [3.05, 3.63) is 181 Å². The summed E-state index contributed by atoms with van der Waals surface area (Å²) in [4.78, 5) is 28.4. The lowest BCUT2D eigenvalue weighted by Gasteiger charge is -2.22. The fraction of sp³-hybridized carbons (Fsp3) is 0.129. The highest BCUT2D eigenvalue weighted by atomic mass is 16.6. The minimum Gasteiger partial charge on any atom is -0.493 e. The van der Waals surface area contributed by atoms with E-state index in [1.54, 1.807) is 14.2 Å². The van der Waals surface area contributed by atoms with Gasteiger partial charge in [0.2, 0.25) is 0 Å². The van der Waals surface area contributed by atoms with Crippen LogP contribution in [-0.2, 0) is 22.4 Å². The van der Waals surface area contributed by atoms with Gasteiger partial charge in [-0.1, -0.05) is 158 Å². The number of hydrogen-bond acceptors (Lipinski definition) is 6. The molecule has 0 saturated heterocycles. The van der Waals surface area contributed by atoms with Gasteiger partial charge in [-0.3, -0.25) is 9.59 Å². The molecule has 0 aliphatic carbocycles. The molecule has 0 fully saturated rings. The van der Waals surface area contributed by atoms with Crippen molar-refractivity contribution in [3.8, 4) is 34.1 Å². The van der Waals surface area contributed by atoms with Crippen molar-refractivity contribution >= 4 is 98.1 Å². The molecule has 0 aromatic heterocycles. The largest absolute Gasteiger partial charge is 0.493 e. The summed E-state index contributed by atoms with van der Waals surface area (Å²) in [6.07, 6.45) is 2.89. The van der Waals surface area contributed by atoms with Crippen molar-refractivity contribution in [3.63, 3.8) is 0 Å². The van der Waals surface area contributed by atoms with Crippen LogP contribution in [0.15, 0.2) is 170 Å². The highest BCUT2D eigenvalue weighted by Crippen LogP contribution is 2.53. The first-order valence-corrected chi connectivity index (χ1v) is 23.4. The number of methoxy groups -OCH3 is 2. The first-order valence-electron chi connectivity index (χ1n) is 23.4. The van der Waals surface area contributed by atoms with E-state index in [-0.39, 0.29) is 24.3 Å². The second-order valence-electron chi connectivity index (χ2n) is 17.8. The summed E-state index contributed by atoms with van der Waals surface area (Å²) in [5.74, 6) is 0.491. The van der Waals surface area contributed by atoms with Gasteiger partial charge >= 0.3 is 11.9 Å². The fourth-order valence-corrected chi connectivity index (χ4v) is 10.8. The van der Waals surface area contributed by atoms with Crippen LogP contribution < -0.4 is 18.9 Å². The van der Waals surface area contributed by atoms with E-state index in [1.165, 1.54) is 75.8 Å². The molecule has 0 heterocycles. The Kier molecular flexibility index (Phi) is 10.2. The average Bonchev–Trinajstić information content (AvgIpc) is 3.37. The number of esters is 2. The third kappa shape index (κ3) is 6.94. The van der Waals surface area contributed by atoms with Crippen molar-refractivity contribution < 1.29 is 28.5 Å². The molecular weight excluding hydrogens is 841 g/mol. The van der Waals surface area contributed by atoms with Gasteiger partial charge in [-0.25, -0.2) is 0 Å². The molecule has 0 atom stereocenters. The smallest absolute Gasteiger partial charge is 0.311 e. The molecule has 0 saturated carbocycles. The molecular formula is C62H46O6. The molecule has 0 amide bonds. The van der Waals surface area contributed by atoms with Crippen LogP contribution in [-0.4, -0.2) is 26.2 Å². The van der Waals surface area contributed by atoms with Crippen molar-refractivity contribution in [2.75, 3.05) is 14.2 Å². The SMILES string of the molecule is COc1cc2ccccc2c(-c2c(OC(=O)CCCc3ccc4ccc5cccc6ccc3c4c56)c(OC)cc3ccccc23)c1OC(=O)CCCc1ccc2ccc3cccc4ccc1c2c34. The van der Waals surface area contributed by atoms with Gasteiger partial charge < -0.3 is 18.9 Å². The van der Waals surface area contributed by atoms with Crippen molar-refractivity contribution in [2.24, 2.45) is 0 Å². The van der Waals surface area contributed by atoms with E-state index in [2.05, 4.69) is 109 Å². The third-order valence-corrected chi connectivity index (χ3v) is 13.9. The number of ether oxygens (including phenoxy) is 4. The predicted octanol–water partition coefficient (Wildman–Crippen LogP) is 15.3. The van der Waals surface area contributed by atoms with Crippen LogP contribution in [0.2, 0.25) is 0 Å². The molecule has 0 N–H and O–H groups in total. The molecule has 330 valence electrons. The highest BCUT2D eigenvalue weighted by molar-refractivity contribution is 6.25. The zero-order chi connectivity index (χ0) is 45.9. The second-order valence-corrected chi connectivity index (χ2v) is 17.8. The van der Waals surface area contributed by atoms with Crippen LogP contribution in [0.4, 0.5) is 0 Å². The minimum absolute atomic E-state index is 0.171. The monoisotopic (exact) mass is 886 g/mol. The maximum absolute atomic E-state index is 14.2. The Bertz CT molecular complexity index is 3650. The van der Waals surface area contributed by atoms with Gasteiger partial charge in [0.05, 0.1) is 14.2 Å². The Labute approximate surface area is 392 Å². The molecule has 0 radical (unpaired) electrons. The lowest BCUT2D eigenvalue weighted by Crippen LogP contribution is -2.12. The molecule has 6 nitrogen and oxygen atoms in total. The van der Waals surface area contributed by atoms with Crippen molar-refractivity contribution in [1.29, 1.82) is 0 Å². The van der Waals surface area contributed by atoms with E-state index in [4.69, 9.17) is 18.9 Å². The standard InChI is InChI=1S/C62H46O6/c1-65-51-35-45-11-3-5-19-47(45)59(61(51)67-53(63)21-9-13-37-23-25-43-29-27-39-15-7-17-41-31-33-49(37)57(43)55(39)41)60-48-20-6-4-12-46(48)36-52(66-2)62(60)68-54(64)22-10-14-38-24-26-44-30-28-40-16-8-18-42-32-34-50(38)58(44)56(40)42/h3-8,11-12,15-20,23-36H,9-10,13-14,21-22H2,1-2H3. The summed E-state index contributed by atoms with van der Waals surface area (Å²) in [6, 6.07) is 58.7. The number of rotatable bonds is 13. The Morgan fingerprint density at radius 1 is 0.368 bits per heavy atom. The van der Waals surface area contributed by atoms with Gasteiger partial charge in [-0.05, 0) is 135 Å². The van der Waals surface area contributed by atoms with Gasteiger partial charge in [0, 0.05) is 24.0 Å². The molecule has 0 unspecified atom stereocenters. The van der Waals surface area contributed by atoms with Gasteiger partial charge in [0.25, 0.3) is 0 Å². The van der Waals surface area contributed by atoms with E-state index in [0.29, 0.717) is 48.3 Å². The number of benzene rings is 12. The van der Waals surface area contributed by atoms with Gasteiger partial charge in [0.15, 0.2) is 23.0 Å². The summed E-state index contributed by atoms with van der Waals surface area (Å²) < 4.78 is 25.0. The van der Waals surface area contributed by atoms with Crippen LogP contribution >= 0.6 is 0 Å². The number of carbonyl (C=O) groups is 2. The normalized spacial score (nSPS) is 11.9. The maximum atomic E-state index is 14.2. The van der Waals surface area contributed by atoms with Crippen LogP contribution in [0, 0.1) is 0 Å². The zero-order valence-corrected chi connectivity index (χ0v) is 37.9. The lowest BCUT2D eigenvalue weighted by molar-refractivity contribution is -0.135. The van der Waals surface area contributed by atoms with E-state index in [0.717, 1.165) is 21.5 Å².